The molecule has 122 heavy (non-hydrogen) atoms. The van der Waals surface area contributed by atoms with Gasteiger partial charge in [0.15, 0.2) is 11.9 Å². The topological polar surface area (TPSA) is 573 Å². The molecule has 1 aromatic heterocycles. The normalized spacial score (nSPS) is 14.3. The molecule has 3 aromatic carbocycles. The van der Waals surface area contributed by atoms with Crippen LogP contribution in [0, 0.1) is 0 Å². The van der Waals surface area contributed by atoms with Crippen LogP contribution in [0.2, 0.25) is 0 Å². The fraction of sp³-hybridized carbons (Fsp3) is 0.576. The molecule has 23 N–H and O–H groups in total. The zero-order chi connectivity index (χ0) is 89.0. The van der Waals surface area contributed by atoms with Crippen LogP contribution in [0.1, 0.15) is 203 Å². The van der Waals surface area contributed by atoms with Crippen molar-refractivity contribution in [2.75, 3.05) is 64.7 Å². The highest BCUT2D eigenvalue weighted by molar-refractivity contribution is 7.80. The summed E-state index contributed by atoms with van der Waals surface area (Å²) in [6, 6.07) is 15.6. The smallest absolute Gasteiger partial charge is 0.246 e. The van der Waals surface area contributed by atoms with Crippen molar-refractivity contribution >= 4 is 101 Å². The van der Waals surface area contributed by atoms with Crippen LogP contribution >= 0.6 is 12.6 Å². The van der Waals surface area contributed by atoms with Gasteiger partial charge in [-0.15, -0.1) is 0 Å². The number of unbranched alkanes of at least 4 members (excludes halogenated alkanes) is 15. The van der Waals surface area contributed by atoms with Crippen molar-refractivity contribution in [2.45, 2.75) is 248 Å². The number of benzene rings is 3. The molecule has 0 unspecified atom stereocenters. The van der Waals surface area contributed by atoms with Gasteiger partial charge in [0, 0.05) is 88.0 Å². The quantitative estimate of drug-likeness (QED) is 0.0126. The molecule has 36 nitrogen and oxygen atoms in total. The number of imidazole rings is 1. The second-order valence-electron chi connectivity index (χ2n) is 30.7. The molecule has 4 aromatic rings. The number of nitrogens with one attached hydrogen (secondary N) is 11. The van der Waals surface area contributed by atoms with Gasteiger partial charge in [0.25, 0.3) is 0 Å². The van der Waals surface area contributed by atoms with Gasteiger partial charge < -0.3 is 107 Å². The Balaban J connectivity index is 1.27. The molecule has 0 bridgehead atoms. The number of hydrogen-bond donors (Lipinski definition) is 19. The molecule has 0 radical (unpaired) electrons. The summed E-state index contributed by atoms with van der Waals surface area (Å²) in [6.07, 6.45) is 19.5. The van der Waals surface area contributed by atoms with Gasteiger partial charge in [-0.05, 0) is 81.4 Å². The Kier molecular flexibility index (Phi) is 48.1. The van der Waals surface area contributed by atoms with Crippen LogP contribution in [0.15, 0.2) is 114 Å². The highest BCUT2D eigenvalue weighted by Crippen LogP contribution is 2.32. The minimum atomic E-state index is -1.68. The standard InChI is InChI=1S/C85H131N21O15S/c1-3-4-5-6-7-8-9-10-11-12-13-14-15-27-42-92-71(112)53-105(52-68(86)109)73(114)41-26-19-28-43-93-77(115)65(47-58-32-20-16-21-33-58)100-79(117)64(40-30-45-95-85(89)90)99-81(119)67(55-122)102-78(116)63(39-29-44-94-84(87)88)98-69(110)49-62-38-31-46-106(62)83(121)76(74(59-34-22-17-23-35-59)60-36-24-18-25-37-60)104-80(118)66(48-61-50-91-56-97-61)101-82(120)75(57(2)108)103-70(111)51-96-72(113)54-107/h16-18,20-25,32-37,50,56-57,62-67,74-76,107-108,122H,3-15,19,26-31,38-49,51-55H2,1-2H3,(H2,86,109)(H,91,97)(H,92,112)(H,93,115)(H,96,113)(H,98,110)(H,99,119)(H,100,117)(H,101,120)(H,102,116)(H,103,111)(H,104,118)(H4,87,88,94)(H4,89,90,95)/t57-,62+,63+,64+,65+,66+,67+,75+,76+/m1/s1. The number of aromatic amines is 1. The van der Waals surface area contributed by atoms with Crippen molar-refractivity contribution in [2.24, 2.45) is 38.7 Å². The summed E-state index contributed by atoms with van der Waals surface area (Å²) in [5.74, 6) is -11.4. The second kappa shape index (κ2) is 57.9. The molecule has 1 aliphatic rings. The van der Waals surface area contributed by atoms with Gasteiger partial charge in [-0.3, -0.25) is 72.3 Å². The third-order valence-electron chi connectivity index (χ3n) is 20.7. The minimum Gasteiger partial charge on any atom is -0.391 e. The minimum absolute atomic E-state index is 0.00461. The van der Waals surface area contributed by atoms with Crippen LogP contribution < -0.4 is 81.8 Å². The van der Waals surface area contributed by atoms with Gasteiger partial charge in [-0.25, -0.2) is 4.98 Å². The molecule has 0 aliphatic carbocycles. The lowest BCUT2D eigenvalue weighted by molar-refractivity contribution is -0.139. The monoisotopic (exact) mass is 1720 g/mol. The second-order valence-corrected chi connectivity index (χ2v) is 31.1. The number of thiol groups is 1. The molecule has 5 rings (SSSR count). The van der Waals surface area contributed by atoms with Crippen molar-refractivity contribution < 1.29 is 72.5 Å². The van der Waals surface area contributed by atoms with Crippen LogP contribution in [0.3, 0.4) is 0 Å². The number of aliphatic imine (C=N–C) groups is 2. The van der Waals surface area contributed by atoms with Gasteiger partial charge in [0.05, 0.1) is 25.5 Å². The molecular formula is C85H131N21O15S. The summed E-state index contributed by atoms with van der Waals surface area (Å²) < 4.78 is 0. The average molecular weight is 1720 g/mol. The molecule has 37 heteroatoms. The number of guanidine groups is 2. The number of carbonyl (C=O) groups excluding carboxylic acids is 13. The fourth-order valence-corrected chi connectivity index (χ4v) is 14.5. The summed E-state index contributed by atoms with van der Waals surface area (Å²) in [5.41, 5.74) is 30.3. The average Bonchev–Trinajstić information content (AvgIpc) is 1.26. The number of carbonyl (C=O) groups is 13. The molecule has 0 spiro atoms. The van der Waals surface area contributed by atoms with Gasteiger partial charge in [-0.1, -0.05) is 188 Å². The summed E-state index contributed by atoms with van der Waals surface area (Å²) in [7, 11) is 0. The van der Waals surface area contributed by atoms with E-state index in [1.165, 1.54) is 88.6 Å². The van der Waals surface area contributed by atoms with Crippen LogP contribution in [-0.2, 0) is 75.2 Å². The number of primary amides is 1. The number of aromatic nitrogens is 2. The van der Waals surface area contributed by atoms with E-state index in [1.54, 1.807) is 91.0 Å². The Morgan fingerprint density at radius 1 is 0.533 bits per heavy atom. The predicted molar refractivity (Wildman–Crippen MR) is 466 cm³/mol. The maximum Gasteiger partial charge on any atom is 0.246 e. The number of nitrogens with two attached hydrogens (primary N) is 5. The van der Waals surface area contributed by atoms with Crippen molar-refractivity contribution in [3.8, 4) is 0 Å². The summed E-state index contributed by atoms with van der Waals surface area (Å²) in [6.45, 7) is 1.85. The third kappa shape index (κ3) is 39.5. The van der Waals surface area contributed by atoms with Crippen LogP contribution in [0.5, 0.6) is 0 Å². The Morgan fingerprint density at radius 2 is 1.03 bits per heavy atom. The number of amides is 13. The maximum atomic E-state index is 15.8. The molecule has 1 saturated heterocycles. The van der Waals surface area contributed by atoms with Crippen molar-refractivity contribution in [3.05, 3.63) is 126 Å². The van der Waals surface area contributed by atoms with Crippen molar-refractivity contribution in [3.63, 3.8) is 0 Å². The van der Waals surface area contributed by atoms with Crippen molar-refractivity contribution in [1.82, 2.24) is 72.9 Å². The van der Waals surface area contributed by atoms with E-state index in [0.29, 0.717) is 54.6 Å². The summed E-state index contributed by atoms with van der Waals surface area (Å²) in [5, 5.41) is 46.7. The summed E-state index contributed by atoms with van der Waals surface area (Å²) in [4.78, 5) is 198. The number of likely N-dealkylation sites (tertiary alicyclic amines) is 1. The van der Waals surface area contributed by atoms with E-state index in [0.717, 1.165) is 30.6 Å². The van der Waals surface area contributed by atoms with Gasteiger partial charge in [0.2, 0.25) is 76.8 Å². The van der Waals surface area contributed by atoms with Crippen LogP contribution in [0.4, 0.5) is 0 Å². The van der Waals surface area contributed by atoms with Crippen molar-refractivity contribution in [1.29, 1.82) is 0 Å². The van der Waals surface area contributed by atoms with E-state index in [4.69, 9.17) is 33.8 Å². The molecule has 672 valence electrons. The van der Waals surface area contributed by atoms with E-state index in [-0.39, 0.29) is 108 Å². The van der Waals surface area contributed by atoms with E-state index < -0.39 is 157 Å². The van der Waals surface area contributed by atoms with Gasteiger partial charge in [0.1, 0.15) is 55.4 Å². The molecular weight excluding hydrogens is 1590 g/mol. The lowest BCUT2D eigenvalue weighted by atomic mass is 9.84. The first-order valence-corrected chi connectivity index (χ1v) is 43.2. The third-order valence-corrected chi connectivity index (χ3v) is 21.1. The van der Waals surface area contributed by atoms with E-state index in [2.05, 4.69) is 92.7 Å². The van der Waals surface area contributed by atoms with Gasteiger partial charge >= 0.3 is 0 Å². The molecule has 1 fully saturated rings. The van der Waals surface area contributed by atoms with E-state index in [9.17, 15) is 57.8 Å². The van der Waals surface area contributed by atoms with Crippen LogP contribution in [0.25, 0.3) is 0 Å². The fourth-order valence-electron chi connectivity index (χ4n) is 14.3. The molecule has 0 saturated carbocycles. The van der Waals surface area contributed by atoms with E-state index >= 15 is 9.59 Å². The Morgan fingerprint density at radius 3 is 1.57 bits per heavy atom. The highest BCUT2D eigenvalue weighted by atomic mass is 32.1. The SMILES string of the molecule is CCCCCCCCCCCCCCCCNC(=O)CN(CC(N)=O)C(=O)CCCCCNC(=O)[C@H](Cc1ccccc1)NC(=O)[C@H](CCCN=C(N)N)NC(=O)[C@H](CS)NC(=O)[C@H](CCCN=C(N)N)NC(=O)C[C@@H]1CCCN1C(=O)[C@@H](NC(=O)[C@H](Cc1cnc[nH]1)NC(=O)[C@@H](NC(=O)CNC(=O)CO)[C@@H](C)O)C(c1ccccc1)c1ccccc1. The molecule has 1 aliphatic heterocycles. The lowest BCUT2D eigenvalue weighted by Gasteiger charge is -2.35. The number of H-pyrrole nitrogens is 1. The first-order valence-electron chi connectivity index (χ1n) is 42.6. The number of aliphatic hydroxyl groups is 2. The number of nitrogens with zero attached hydrogens (tertiary/aromatic N) is 5. The predicted octanol–water partition coefficient (Wildman–Crippen LogP) is 0.916. The van der Waals surface area contributed by atoms with Crippen LogP contribution in [-0.4, -0.2) is 238 Å². The Hall–Kier alpha value is -11.2. The number of rotatable bonds is 61. The lowest BCUT2D eigenvalue weighted by Crippen LogP contribution is -2.61. The first-order chi connectivity index (χ1) is 58.7. The summed E-state index contributed by atoms with van der Waals surface area (Å²) >= 11 is 4.43. The van der Waals surface area contributed by atoms with E-state index in [1.807, 2.05) is 0 Å². The maximum absolute atomic E-state index is 15.8. The zero-order valence-corrected chi connectivity index (χ0v) is 71.4. The van der Waals surface area contributed by atoms with Gasteiger partial charge in [-0.2, -0.15) is 12.6 Å². The molecule has 2 heterocycles. The Bertz CT molecular complexity index is 3900. The highest BCUT2D eigenvalue weighted by Gasteiger charge is 2.42. The largest absolute Gasteiger partial charge is 0.391 e. The Labute approximate surface area is 720 Å². The molecule has 13 amide bonds. The first kappa shape index (κ1) is 101. The number of hydrogen-bond acceptors (Lipinski definition) is 19. The zero-order valence-electron chi connectivity index (χ0n) is 70.5. The molecule has 9 atom stereocenters. The number of aliphatic hydroxyl groups excluding tert-OH is 2.